The molecule has 1 aromatic heterocycles. The molecule has 2 N–H and O–H groups in total. The van der Waals surface area contributed by atoms with Crippen LogP contribution in [0.5, 0.6) is 0 Å². The van der Waals surface area contributed by atoms with Crippen molar-refractivity contribution >= 4 is 35.2 Å². The second-order valence-electron chi connectivity index (χ2n) is 8.49. The number of furan rings is 1. The van der Waals surface area contributed by atoms with Crippen LogP contribution in [-0.2, 0) is 11.3 Å². The number of nitrogens with zero attached hydrogens (tertiary/aromatic N) is 1. The molecule has 4 rings (SSSR count). The second kappa shape index (κ2) is 10.6. The summed E-state index contributed by atoms with van der Waals surface area (Å²) in [5.41, 5.74) is 2.28. The molecule has 0 spiro atoms. The molecule has 0 bridgehead atoms. The number of carbonyl (C=O) groups excluding carboxylic acids is 3. The van der Waals surface area contributed by atoms with Crippen LogP contribution in [0.1, 0.15) is 51.3 Å². The van der Waals surface area contributed by atoms with Gasteiger partial charge in [-0.05, 0) is 47.9 Å². The highest BCUT2D eigenvalue weighted by atomic mass is 32.2. The van der Waals surface area contributed by atoms with E-state index < -0.39 is 0 Å². The molecular weight excluding hydrogens is 450 g/mol. The van der Waals surface area contributed by atoms with E-state index in [1.165, 1.54) is 0 Å². The zero-order valence-corrected chi connectivity index (χ0v) is 19.9. The number of para-hydroxylation sites is 1. The van der Waals surface area contributed by atoms with Gasteiger partial charge in [0, 0.05) is 12.1 Å². The van der Waals surface area contributed by atoms with Crippen molar-refractivity contribution in [2.45, 2.75) is 25.8 Å². The van der Waals surface area contributed by atoms with Crippen LogP contribution in [0.2, 0.25) is 0 Å². The SMILES string of the molecule is CC(C)CNC(=O)c1ccccc1NC(=O)c1ccc([C@@H]2SCC(=O)N2Cc2ccco2)cc1. The second-order valence-corrected chi connectivity index (χ2v) is 9.56. The highest BCUT2D eigenvalue weighted by Gasteiger charge is 2.33. The van der Waals surface area contributed by atoms with Gasteiger partial charge >= 0.3 is 0 Å². The molecule has 0 unspecified atom stereocenters. The van der Waals surface area contributed by atoms with Crippen molar-refractivity contribution in [2.75, 3.05) is 17.6 Å². The topological polar surface area (TPSA) is 91.7 Å². The van der Waals surface area contributed by atoms with E-state index in [9.17, 15) is 14.4 Å². The summed E-state index contributed by atoms with van der Waals surface area (Å²) in [7, 11) is 0. The van der Waals surface area contributed by atoms with E-state index in [0.717, 1.165) is 11.3 Å². The first-order chi connectivity index (χ1) is 16.4. The van der Waals surface area contributed by atoms with E-state index in [0.29, 0.717) is 41.6 Å². The largest absolute Gasteiger partial charge is 0.467 e. The summed E-state index contributed by atoms with van der Waals surface area (Å²) in [4.78, 5) is 39.6. The number of hydrogen-bond acceptors (Lipinski definition) is 5. The third-order valence-corrected chi connectivity index (χ3v) is 6.68. The fourth-order valence-corrected chi connectivity index (χ4v) is 4.84. The number of nitrogens with one attached hydrogen (secondary N) is 2. The number of rotatable bonds is 8. The van der Waals surface area contributed by atoms with Crippen LogP contribution < -0.4 is 10.6 Å². The molecule has 0 saturated carbocycles. The Balaban J connectivity index is 1.45. The zero-order chi connectivity index (χ0) is 24.1. The van der Waals surface area contributed by atoms with E-state index in [1.807, 2.05) is 32.0 Å². The van der Waals surface area contributed by atoms with Crippen molar-refractivity contribution < 1.29 is 18.8 Å². The van der Waals surface area contributed by atoms with Gasteiger partial charge in [-0.3, -0.25) is 14.4 Å². The summed E-state index contributed by atoms with van der Waals surface area (Å²) in [6.45, 7) is 5.00. The Morgan fingerprint density at radius 1 is 1.06 bits per heavy atom. The van der Waals surface area contributed by atoms with Crippen molar-refractivity contribution in [2.24, 2.45) is 5.92 Å². The van der Waals surface area contributed by atoms with Crippen LogP contribution >= 0.6 is 11.8 Å². The first-order valence-electron chi connectivity index (χ1n) is 11.1. The van der Waals surface area contributed by atoms with Crippen LogP contribution in [0, 0.1) is 5.92 Å². The van der Waals surface area contributed by atoms with Gasteiger partial charge in [0.1, 0.15) is 11.1 Å². The third-order valence-electron chi connectivity index (χ3n) is 5.42. The molecule has 2 heterocycles. The molecule has 1 saturated heterocycles. The molecule has 7 nitrogen and oxygen atoms in total. The van der Waals surface area contributed by atoms with Crippen molar-refractivity contribution in [3.8, 4) is 0 Å². The fourth-order valence-electron chi connectivity index (χ4n) is 3.65. The number of thioether (sulfide) groups is 1. The minimum Gasteiger partial charge on any atom is -0.467 e. The summed E-state index contributed by atoms with van der Waals surface area (Å²) in [5, 5.41) is 5.59. The predicted molar refractivity (Wildman–Crippen MR) is 132 cm³/mol. The Kier molecular flexibility index (Phi) is 7.37. The summed E-state index contributed by atoms with van der Waals surface area (Å²) in [6.07, 6.45) is 1.59. The number of hydrogen-bond donors (Lipinski definition) is 2. The predicted octanol–water partition coefficient (Wildman–Crippen LogP) is 4.69. The molecule has 3 amide bonds. The molecule has 1 atom stereocenters. The van der Waals surface area contributed by atoms with Gasteiger partial charge in [0.2, 0.25) is 5.91 Å². The van der Waals surface area contributed by atoms with E-state index in [1.54, 1.807) is 65.4 Å². The van der Waals surface area contributed by atoms with Gasteiger partial charge < -0.3 is 20.0 Å². The van der Waals surface area contributed by atoms with Crippen LogP contribution in [-0.4, -0.2) is 34.9 Å². The maximum Gasteiger partial charge on any atom is 0.255 e. The molecule has 1 fully saturated rings. The van der Waals surface area contributed by atoms with E-state index in [2.05, 4.69) is 10.6 Å². The van der Waals surface area contributed by atoms with Gasteiger partial charge in [-0.15, -0.1) is 11.8 Å². The van der Waals surface area contributed by atoms with E-state index in [-0.39, 0.29) is 23.1 Å². The molecule has 0 aliphatic carbocycles. The molecule has 2 aromatic carbocycles. The van der Waals surface area contributed by atoms with Crippen LogP contribution in [0.25, 0.3) is 0 Å². The molecule has 8 heteroatoms. The monoisotopic (exact) mass is 477 g/mol. The van der Waals surface area contributed by atoms with Crippen molar-refractivity contribution in [1.29, 1.82) is 0 Å². The van der Waals surface area contributed by atoms with E-state index in [4.69, 9.17) is 4.42 Å². The summed E-state index contributed by atoms with van der Waals surface area (Å²) in [6, 6.07) is 17.8. The maximum absolute atomic E-state index is 12.9. The smallest absolute Gasteiger partial charge is 0.255 e. The van der Waals surface area contributed by atoms with Crippen LogP contribution in [0.4, 0.5) is 5.69 Å². The number of anilines is 1. The fraction of sp³-hybridized carbons (Fsp3) is 0.269. The van der Waals surface area contributed by atoms with Gasteiger partial charge in [-0.1, -0.05) is 38.1 Å². The lowest BCUT2D eigenvalue weighted by Gasteiger charge is -2.23. The van der Waals surface area contributed by atoms with Crippen molar-refractivity contribution in [1.82, 2.24) is 10.2 Å². The van der Waals surface area contributed by atoms with Gasteiger partial charge in [0.05, 0.1) is 29.8 Å². The highest BCUT2D eigenvalue weighted by molar-refractivity contribution is 8.00. The average molecular weight is 478 g/mol. The van der Waals surface area contributed by atoms with Crippen molar-refractivity contribution in [3.63, 3.8) is 0 Å². The molecule has 0 radical (unpaired) electrons. The quantitative estimate of drug-likeness (QED) is 0.491. The first-order valence-corrected chi connectivity index (χ1v) is 12.2. The standard InChI is InChI=1S/C26H27N3O4S/c1-17(2)14-27-25(32)21-7-3-4-8-22(21)28-24(31)18-9-11-19(12-10-18)26-29(23(30)16-34-26)15-20-6-5-13-33-20/h3-13,17,26H,14-16H2,1-2H3,(H,27,32)(H,28,31)/t26-/m0/s1. The number of carbonyl (C=O) groups is 3. The lowest BCUT2D eigenvalue weighted by atomic mass is 10.1. The minimum atomic E-state index is -0.307. The molecule has 3 aromatic rings. The van der Waals surface area contributed by atoms with Gasteiger partial charge in [-0.2, -0.15) is 0 Å². The number of amides is 3. The lowest BCUT2D eigenvalue weighted by Crippen LogP contribution is -2.28. The zero-order valence-electron chi connectivity index (χ0n) is 19.1. The lowest BCUT2D eigenvalue weighted by molar-refractivity contribution is -0.128. The third kappa shape index (κ3) is 5.51. The van der Waals surface area contributed by atoms with E-state index >= 15 is 0 Å². The Morgan fingerprint density at radius 3 is 2.53 bits per heavy atom. The average Bonchev–Trinajstić information content (AvgIpc) is 3.48. The summed E-state index contributed by atoms with van der Waals surface area (Å²) >= 11 is 1.55. The normalized spacial score (nSPS) is 15.6. The minimum absolute atomic E-state index is 0.0561. The Bertz CT molecular complexity index is 1160. The highest BCUT2D eigenvalue weighted by Crippen LogP contribution is 2.39. The van der Waals surface area contributed by atoms with Crippen molar-refractivity contribution in [3.05, 3.63) is 89.4 Å². The van der Waals surface area contributed by atoms with Gasteiger partial charge in [0.25, 0.3) is 11.8 Å². The Labute approximate surface area is 202 Å². The Morgan fingerprint density at radius 2 is 1.82 bits per heavy atom. The molecule has 34 heavy (non-hydrogen) atoms. The summed E-state index contributed by atoms with van der Waals surface area (Å²) < 4.78 is 5.40. The molecular formula is C26H27N3O4S. The van der Waals surface area contributed by atoms with Gasteiger partial charge in [-0.25, -0.2) is 0 Å². The van der Waals surface area contributed by atoms with Crippen LogP contribution in [0.3, 0.4) is 0 Å². The first kappa shape index (κ1) is 23.6. The molecule has 1 aliphatic rings. The van der Waals surface area contributed by atoms with Gasteiger partial charge in [0.15, 0.2) is 0 Å². The molecule has 1 aliphatic heterocycles. The Hall–Kier alpha value is -3.52. The number of benzene rings is 2. The maximum atomic E-state index is 12.9. The van der Waals surface area contributed by atoms with Crippen LogP contribution in [0.15, 0.2) is 71.3 Å². The summed E-state index contributed by atoms with van der Waals surface area (Å²) in [5.74, 6) is 0.988. The molecule has 176 valence electrons.